The smallest absolute Gasteiger partial charge is 0.348 e. The van der Waals surface area contributed by atoms with Crippen LogP contribution in [0.2, 0.25) is 0 Å². The van der Waals surface area contributed by atoms with Gasteiger partial charge in [-0.25, -0.2) is 4.79 Å². The molecular weight excluding hydrogens is 246 g/mol. The Bertz CT molecular complexity index is 527. The fourth-order valence-electron chi connectivity index (χ4n) is 2.19. The molecule has 0 atom stereocenters. The van der Waals surface area contributed by atoms with Crippen molar-refractivity contribution in [2.24, 2.45) is 0 Å². The molecule has 2 rings (SSSR count). The Morgan fingerprint density at radius 1 is 1.39 bits per heavy atom. The van der Waals surface area contributed by atoms with Crippen molar-refractivity contribution in [3.05, 3.63) is 22.7 Å². The number of esters is 1. The highest BCUT2D eigenvalue weighted by molar-refractivity contribution is 7.21. The van der Waals surface area contributed by atoms with Crippen molar-refractivity contribution in [2.45, 2.75) is 39.0 Å². The van der Waals surface area contributed by atoms with Crippen LogP contribution in [-0.4, -0.2) is 18.1 Å². The van der Waals surface area contributed by atoms with Crippen LogP contribution >= 0.6 is 11.3 Å². The summed E-state index contributed by atoms with van der Waals surface area (Å²) in [6.07, 6.45) is 7.71. The van der Waals surface area contributed by atoms with Gasteiger partial charge in [-0.15, -0.1) is 11.3 Å². The van der Waals surface area contributed by atoms with Crippen molar-refractivity contribution in [1.82, 2.24) is 4.98 Å². The SMILES string of the molecule is CCCCCCc1c(C(=O)OC)sc2cc[nH]c12. The van der Waals surface area contributed by atoms with Gasteiger partial charge in [-0.3, -0.25) is 0 Å². The fraction of sp³-hybridized carbons (Fsp3) is 0.500. The third-order valence-corrected chi connectivity index (χ3v) is 4.33. The zero-order valence-corrected chi connectivity index (χ0v) is 11.7. The lowest BCUT2D eigenvalue weighted by molar-refractivity contribution is 0.0605. The zero-order valence-electron chi connectivity index (χ0n) is 10.9. The highest BCUT2D eigenvalue weighted by Gasteiger charge is 2.19. The van der Waals surface area contributed by atoms with Crippen molar-refractivity contribution in [3.63, 3.8) is 0 Å². The molecule has 0 unspecified atom stereocenters. The van der Waals surface area contributed by atoms with E-state index in [0.717, 1.165) is 33.5 Å². The van der Waals surface area contributed by atoms with Gasteiger partial charge >= 0.3 is 5.97 Å². The van der Waals surface area contributed by atoms with Crippen LogP contribution < -0.4 is 0 Å². The quantitative estimate of drug-likeness (QED) is 0.630. The number of thiophene rings is 1. The molecule has 0 radical (unpaired) electrons. The summed E-state index contributed by atoms with van der Waals surface area (Å²) < 4.78 is 6.00. The molecule has 0 spiro atoms. The summed E-state index contributed by atoms with van der Waals surface area (Å²) in [6.45, 7) is 2.20. The lowest BCUT2D eigenvalue weighted by atomic mass is 10.1. The maximum atomic E-state index is 11.8. The van der Waals surface area contributed by atoms with E-state index in [4.69, 9.17) is 4.74 Å². The Morgan fingerprint density at radius 2 is 2.22 bits per heavy atom. The number of ether oxygens (including phenoxy) is 1. The fourth-order valence-corrected chi connectivity index (χ4v) is 3.32. The van der Waals surface area contributed by atoms with Gasteiger partial charge in [0.2, 0.25) is 0 Å². The molecule has 0 amide bonds. The average molecular weight is 265 g/mol. The van der Waals surface area contributed by atoms with E-state index in [1.54, 1.807) is 0 Å². The predicted octanol–water partition coefficient (Wildman–Crippen LogP) is 4.14. The van der Waals surface area contributed by atoms with Crippen LogP contribution in [0.4, 0.5) is 0 Å². The van der Waals surface area contributed by atoms with Crippen LogP contribution in [0.25, 0.3) is 10.2 Å². The Balaban J connectivity index is 2.21. The molecule has 2 aromatic rings. The summed E-state index contributed by atoms with van der Waals surface area (Å²) >= 11 is 1.52. The topological polar surface area (TPSA) is 42.1 Å². The standard InChI is InChI=1S/C14H19NO2S/c1-3-4-5-6-7-10-12-11(8-9-15-12)18-13(10)14(16)17-2/h8-9,15H,3-7H2,1-2H3. The summed E-state index contributed by atoms with van der Waals surface area (Å²) in [4.78, 5) is 15.8. The van der Waals surface area contributed by atoms with Crippen LogP contribution in [0.15, 0.2) is 12.3 Å². The molecule has 0 aliphatic heterocycles. The molecule has 0 aromatic carbocycles. The molecule has 2 heterocycles. The van der Waals surface area contributed by atoms with Gasteiger partial charge in [0, 0.05) is 11.8 Å². The Labute approximate surface area is 111 Å². The second-order valence-corrected chi connectivity index (χ2v) is 5.48. The molecule has 0 aliphatic rings. The number of H-pyrrole nitrogens is 1. The Kier molecular flexibility index (Phi) is 4.42. The van der Waals surface area contributed by atoms with Gasteiger partial charge in [-0.05, 0) is 18.9 Å². The minimum atomic E-state index is -0.213. The molecular formula is C14H19NO2S. The molecule has 3 nitrogen and oxygen atoms in total. The predicted molar refractivity (Wildman–Crippen MR) is 75.4 cm³/mol. The zero-order chi connectivity index (χ0) is 13.0. The van der Waals surface area contributed by atoms with E-state index in [0.29, 0.717) is 0 Å². The van der Waals surface area contributed by atoms with Gasteiger partial charge in [0.25, 0.3) is 0 Å². The highest BCUT2D eigenvalue weighted by Crippen LogP contribution is 2.32. The van der Waals surface area contributed by atoms with E-state index < -0.39 is 0 Å². The summed E-state index contributed by atoms with van der Waals surface area (Å²) in [6, 6.07) is 2.02. The number of carbonyl (C=O) groups excluding carboxylic acids is 1. The van der Waals surface area contributed by atoms with E-state index in [-0.39, 0.29) is 5.97 Å². The molecule has 0 bridgehead atoms. The molecule has 0 fully saturated rings. The molecule has 1 N–H and O–H groups in total. The van der Waals surface area contributed by atoms with Crippen molar-refractivity contribution in [3.8, 4) is 0 Å². The molecule has 0 saturated carbocycles. The van der Waals surface area contributed by atoms with E-state index in [9.17, 15) is 4.79 Å². The molecule has 98 valence electrons. The number of aryl methyl sites for hydroxylation is 1. The summed E-state index contributed by atoms with van der Waals surface area (Å²) in [5, 5.41) is 0. The van der Waals surface area contributed by atoms with Crippen molar-refractivity contribution in [1.29, 1.82) is 0 Å². The van der Waals surface area contributed by atoms with Crippen LogP contribution in [0, 0.1) is 0 Å². The molecule has 18 heavy (non-hydrogen) atoms. The number of aromatic nitrogens is 1. The lowest BCUT2D eigenvalue weighted by Gasteiger charge is -2.03. The van der Waals surface area contributed by atoms with Crippen LogP contribution in [0.1, 0.15) is 47.8 Å². The number of hydrogen-bond donors (Lipinski definition) is 1. The molecule has 4 heteroatoms. The second kappa shape index (κ2) is 6.05. The Hall–Kier alpha value is -1.29. The van der Waals surface area contributed by atoms with Crippen molar-refractivity contribution >= 4 is 27.5 Å². The number of fused-ring (bicyclic) bond motifs is 1. The third kappa shape index (κ3) is 2.58. The summed E-state index contributed by atoms with van der Waals surface area (Å²) in [5.41, 5.74) is 2.24. The normalized spacial score (nSPS) is 11.0. The van der Waals surface area contributed by atoms with Gasteiger partial charge < -0.3 is 9.72 Å². The van der Waals surface area contributed by atoms with E-state index in [1.165, 1.54) is 37.7 Å². The molecule has 2 aromatic heterocycles. The van der Waals surface area contributed by atoms with E-state index in [1.807, 2.05) is 12.3 Å². The first-order chi connectivity index (χ1) is 8.77. The highest BCUT2D eigenvalue weighted by atomic mass is 32.1. The van der Waals surface area contributed by atoms with E-state index >= 15 is 0 Å². The average Bonchev–Trinajstić information content (AvgIpc) is 2.95. The molecule has 0 aliphatic carbocycles. The van der Waals surface area contributed by atoms with Crippen molar-refractivity contribution in [2.75, 3.05) is 7.11 Å². The number of unbranched alkanes of at least 4 members (excludes halogenated alkanes) is 3. The number of hydrogen-bond acceptors (Lipinski definition) is 3. The number of carbonyl (C=O) groups is 1. The van der Waals surface area contributed by atoms with Gasteiger partial charge in [0.1, 0.15) is 4.88 Å². The second-order valence-electron chi connectivity index (χ2n) is 4.43. The first-order valence-electron chi connectivity index (χ1n) is 6.45. The maximum absolute atomic E-state index is 11.8. The van der Waals surface area contributed by atoms with Crippen LogP contribution in [0.3, 0.4) is 0 Å². The summed E-state index contributed by atoms with van der Waals surface area (Å²) in [5.74, 6) is -0.213. The molecule has 0 saturated heterocycles. The van der Waals surface area contributed by atoms with Gasteiger partial charge in [-0.1, -0.05) is 26.2 Å². The third-order valence-electron chi connectivity index (χ3n) is 3.15. The number of aromatic amines is 1. The summed E-state index contributed by atoms with van der Waals surface area (Å²) in [7, 11) is 1.44. The number of nitrogens with one attached hydrogen (secondary N) is 1. The first kappa shape index (κ1) is 13.1. The monoisotopic (exact) mass is 265 g/mol. The number of rotatable bonds is 6. The first-order valence-corrected chi connectivity index (χ1v) is 7.26. The largest absolute Gasteiger partial charge is 0.465 e. The van der Waals surface area contributed by atoms with Gasteiger partial charge in [0.15, 0.2) is 0 Å². The van der Waals surface area contributed by atoms with Crippen LogP contribution in [0.5, 0.6) is 0 Å². The van der Waals surface area contributed by atoms with Gasteiger partial charge in [0.05, 0.1) is 17.3 Å². The lowest BCUT2D eigenvalue weighted by Crippen LogP contribution is -2.02. The Morgan fingerprint density at radius 3 is 2.94 bits per heavy atom. The van der Waals surface area contributed by atoms with Gasteiger partial charge in [-0.2, -0.15) is 0 Å². The minimum absolute atomic E-state index is 0.213. The van der Waals surface area contributed by atoms with Crippen molar-refractivity contribution < 1.29 is 9.53 Å². The van der Waals surface area contributed by atoms with Crippen LogP contribution in [-0.2, 0) is 11.2 Å². The number of methoxy groups -OCH3 is 1. The van der Waals surface area contributed by atoms with E-state index in [2.05, 4.69) is 11.9 Å². The maximum Gasteiger partial charge on any atom is 0.348 e. The minimum Gasteiger partial charge on any atom is -0.465 e.